The zero-order valence-corrected chi connectivity index (χ0v) is 13.8. The van der Waals surface area contributed by atoms with E-state index in [0.29, 0.717) is 10.9 Å². The minimum atomic E-state index is -0.353. The van der Waals surface area contributed by atoms with Crippen molar-refractivity contribution in [2.45, 2.75) is 25.3 Å². The molecular weight excluding hydrogens is 322 g/mol. The number of nitrogens with one attached hydrogen (secondary N) is 1. The molecule has 0 radical (unpaired) electrons. The SMILES string of the molecule is O=C(NC(c1ccccc1)C1CCC1)c1cnc2sccn2c1=O. The molecule has 1 N–H and O–H groups in total. The number of rotatable bonds is 4. The van der Waals surface area contributed by atoms with Crippen LogP contribution in [0.15, 0.2) is 52.9 Å². The quantitative estimate of drug-likeness (QED) is 0.795. The van der Waals surface area contributed by atoms with E-state index in [9.17, 15) is 9.59 Å². The Bertz CT molecular complexity index is 928. The van der Waals surface area contributed by atoms with Gasteiger partial charge in [-0.05, 0) is 24.3 Å². The first kappa shape index (κ1) is 15.1. The first-order valence-electron chi connectivity index (χ1n) is 8.05. The van der Waals surface area contributed by atoms with E-state index in [-0.39, 0.29) is 23.1 Å². The Balaban J connectivity index is 1.65. The molecule has 4 rings (SSSR count). The summed E-state index contributed by atoms with van der Waals surface area (Å²) in [5, 5.41) is 4.84. The van der Waals surface area contributed by atoms with Crippen LogP contribution in [0, 0.1) is 5.92 Å². The maximum Gasteiger partial charge on any atom is 0.271 e. The van der Waals surface area contributed by atoms with Crippen LogP contribution in [0.5, 0.6) is 0 Å². The van der Waals surface area contributed by atoms with Crippen molar-refractivity contribution in [3.8, 4) is 0 Å². The highest BCUT2D eigenvalue weighted by Crippen LogP contribution is 2.37. The molecule has 1 amide bonds. The highest BCUT2D eigenvalue weighted by atomic mass is 32.1. The third-order valence-electron chi connectivity index (χ3n) is 4.65. The summed E-state index contributed by atoms with van der Waals surface area (Å²) in [6, 6.07) is 9.90. The summed E-state index contributed by atoms with van der Waals surface area (Å²) >= 11 is 1.37. The molecule has 2 aromatic heterocycles. The van der Waals surface area contributed by atoms with Gasteiger partial charge in [-0.15, -0.1) is 11.3 Å². The van der Waals surface area contributed by atoms with Gasteiger partial charge in [0.15, 0.2) is 4.96 Å². The fourth-order valence-electron chi connectivity index (χ4n) is 3.11. The highest BCUT2D eigenvalue weighted by molar-refractivity contribution is 7.15. The van der Waals surface area contributed by atoms with Gasteiger partial charge in [0, 0.05) is 17.8 Å². The van der Waals surface area contributed by atoms with Crippen LogP contribution in [0.4, 0.5) is 0 Å². The minimum Gasteiger partial charge on any atom is -0.345 e. The molecule has 1 aliphatic carbocycles. The molecule has 6 heteroatoms. The number of thiazole rings is 1. The summed E-state index contributed by atoms with van der Waals surface area (Å²) in [5.74, 6) is 0.0748. The van der Waals surface area contributed by atoms with Crippen molar-refractivity contribution in [2.75, 3.05) is 0 Å². The van der Waals surface area contributed by atoms with Crippen molar-refractivity contribution >= 4 is 22.2 Å². The summed E-state index contributed by atoms with van der Waals surface area (Å²) in [7, 11) is 0. The molecule has 1 aliphatic rings. The van der Waals surface area contributed by atoms with Crippen LogP contribution < -0.4 is 10.9 Å². The van der Waals surface area contributed by atoms with E-state index in [1.807, 2.05) is 30.3 Å². The average molecular weight is 339 g/mol. The lowest BCUT2D eigenvalue weighted by Crippen LogP contribution is -2.38. The van der Waals surface area contributed by atoms with E-state index < -0.39 is 0 Å². The fraction of sp³-hybridized carbons (Fsp3) is 0.278. The third-order valence-corrected chi connectivity index (χ3v) is 5.42. The van der Waals surface area contributed by atoms with Crippen molar-refractivity contribution in [3.63, 3.8) is 0 Å². The summed E-state index contributed by atoms with van der Waals surface area (Å²) in [6.45, 7) is 0. The Hall–Kier alpha value is -2.47. The number of fused-ring (bicyclic) bond motifs is 1. The van der Waals surface area contributed by atoms with E-state index >= 15 is 0 Å². The van der Waals surface area contributed by atoms with Gasteiger partial charge in [-0.2, -0.15) is 0 Å². The van der Waals surface area contributed by atoms with Gasteiger partial charge in [0.05, 0.1) is 6.04 Å². The number of carbonyl (C=O) groups excluding carboxylic acids is 1. The molecule has 0 saturated heterocycles. The Morgan fingerprint density at radius 3 is 2.79 bits per heavy atom. The Kier molecular flexibility index (Phi) is 3.90. The van der Waals surface area contributed by atoms with Gasteiger partial charge in [0.25, 0.3) is 11.5 Å². The van der Waals surface area contributed by atoms with Gasteiger partial charge in [-0.25, -0.2) is 4.98 Å². The zero-order chi connectivity index (χ0) is 16.5. The van der Waals surface area contributed by atoms with Crippen LogP contribution in [-0.2, 0) is 0 Å². The second-order valence-corrected chi connectivity index (χ2v) is 6.96. The van der Waals surface area contributed by atoms with Crippen molar-refractivity contribution in [3.05, 3.63) is 69.6 Å². The fourth-order valence-corrected chi connectivity index (χ4v) is 3.78. The lowest BCUT2D eigenvalue weighted by Gasteiger charge is -2.34. The third kappa shape index (κ3) is 2.63. The molecule has 0 spiro atoms. The van der Waals surface area contributed by atoms with Gasteiger partial charge >= 0.3 is 0 Å². The second kappa shape index (κ2) is 6.20. The van der Waals surface area contributed by atoms with Gasteiger partial charge < -0.3 is 5.32 Å². The van der Waals surface area contributed by atoms with Gasteiger partial charge in [-0.1, -0.05) is 36.8 Å². The molecule has 1 saturated carbocycles. The number of hydrogen-bond acceptors (Lipinski definition) is 4. The predicted octanol–water partition coefficient (Wildman–Crippen LogP) is 3.03. The van der Waals surface area contributed by atoms with E-state index in [2.05, 4.69) is 10.3 Å². The smallest absolute Gasteiger partial charge is 0.271 e. The molecule has 2 heterocycles. The van der Waals surface area contributed by atoms with E-state index in [1.165, 1.54) is 28.4 Å². The zero-order valence-electron chi connectivity index (χ0n) is 13.0. The molecule has 24 heavy (non-hydrogen) atoms. The normalized spacial score (nSPS) is 15.8. The summed E-state index contributed by atoms with van der Waals surface area (Å²) in [5.41, 5.74) is 0.852. The molecule has 5 nitrogen and oxygen atoms in total. The number of hydrogen-bond donors (Lipinski definition) is 1. The first-order valence-corrected chi connectivity index (χ1v) is 8.92. The van der Waals surface area contributed by atoms with Crippen LogP contribution in [0.25, 0.3) is 4.96 Å². The monoisotopic (exact) mass is 339 g/mol. The molecule has 1 aromatic carbocycles. The first-order chi connectivity index (χ1) is 11.7. The van der Waals surface area contributed by atoms with E-state index in [4.69, 9.17) is 0 Å². The minimum absolute atomic E-state index is 0.0602. The second-order valence-electron chi connectivity index (χ2n) is 6.09. The van der Waals surface area contributed by atoms with Crippen molar-refractivity contribution < 1.29 is 4.79 Å². The lowest BCUT2D eigenvalue weighted by molar-refractivity contribution is 0.0898. The largest absolute Gasteiger partial charge is 0.345 e. The molecule has 1 unspecified atom stereocenters. The number of benzene rings is 1. The van der Waals surface area contributed by atoms with Crippen molar-refractivity contribution in [1.29, 1.82) is 0 Å². The average Bonchev–Trinajstić information content (AvgIpc) is 3.03. The summed E-state index contributed by atoms with van der Waals surface area (Å²) in [4.78, 5) is 30.0. The predicted molar refractivity (Wildman–Crippen MR) is 93.3 cm³/mol. The molecule has 0 bridgehead atoms. The molecule has 0 aliphatic heterocycles. The molecule has 1 atom stereocenters. The van der Waals surface area contributed by atoms with Crippen molar-refractivity contribution in [1.82, 2.24) is 14.7 Å². The lowest BCUT2D eigenvalue weighted by atomic mass is 9.77. The Morgan fingerprint density at radius 1 is 1.29 bits per heavy atom. The maximum atomic E-state index is 12.7. The van der Waals surface area contributed by atoms with E-state index in [0.717, 1.165) is 18.4 Å². The molecule has 122 valence electrons. The molecular formula is C18H17N3O2S. The van der Waals surface area contributed by atoms with Gasteiger partial charge in [0.2, 0.25) is 0 Å². The van der Waals surface area contributed by atoms with Crippen LogP contribution in [0.1, 0.15) is 41.2 Å². The molecule has 1 fully saturated rings. The van der Waals surface area contributed by atoms with Crippen molar-refractivity contribution in [2.24, 2.45) is 5.92 Å². The van der Waals surface area contributed by atoms with Crippen LogP contribution in [-0.4, -0.2) is 15.3 Å². The molecule has 3 aromatic rings. The van der Waals surface area contributed by atoms with Gasteiger partial charge in [-0.3, -0.25) is 14.0 Å². The standard InChI is InChI=1S/C18H17N3O2S/c22-16(14-11-19-18-21(17(14)23)9-10-24-18)20-15(13-7-4-8-13)12-5-2-1-3-6-12/h1-3,5-6,9-11,13,15H,4,7-8H2,(H,20,22). The van der Waals surface area contributed by atoms with Crippen LogP contribution in [0.3, 0.4) is 0 Å². The maximum absolute atomic E-state index is 12.7. The van der Waals surface area contributed by atoms with Crippen LogP contribution in [0.2, 0.25) is 0 Å². The number of carbonyl (C=O) groups is 1. The Morgan fingerprint density at radius 2 is 2.08 bits per heavy atom. The summed E-state index contributed by atoms with van der Waals surface area (Å²) in [6.07, 6.45) is 6.41. The Labute approximate surface area is 143 Å². The highest BCUT2D eigenvalue weighted by Gasteiger charge is 2.30. The van der Waals surface area contributed by atoms with Crippen LogP contribution >= 0.6 is 11.3 Å². The number of aromatic nitrogens is 2. The van der Waals surface area contributed by atoms with E-state index in [1.54, 1.807) is 11.6 Å². The number of amides is 1. The summed E-state index contributed by atoms with van der Waals surface area (Å²) < 4.78 is 1.42. The topological polar surface area (TPSA) is 63.5 Å². The number of nitrogens with zero attached hydrogens (tertiary/aromatic N) is 2. The van der Waals surface area contributed by atoms with Gasteiger partial charge in [0.1, 0.15) is 5.56 Å².